The van der Waals surface area contributed by atoms with Gasteiger partial charge >= 0.3 is 5.97 Å². The third-order valence-corrected chi connectivity index (χ3v) is 4.26. The molecule has 1 aliphatic rings. The number of aromatic nitrogens is 1. The van der Waals surface area contributed by atoms with E-state index in [-0.39, 0.29) is 5.69 Å². The molecule has 20 heavy (non-hydrogen) atoms. The van der Waals surface area contributed by atoms with Gasteiger partial charge in [0.2, 0.25) is 0 Å². The molecule has 4 heteroatoms. The quantitative estimate of drug-likeness (QED) is 0.918. The van der Waals surface area contributed by atoms with E-state index in [2.05, 4.69) is 23.7 Å². The molecule has 1 aliphatic heterocycles. The Hall–Kier alpha value is -1.42. The summed E-state index contributed by atoms with van der Waals surface area (Å²) in [7, 11) is 0. The van der Waals surface area contributed by atoms with Gasteiger partial charge in [0.05, 0.1) is 0 Å². The Morgan fingerprint density at radius 2 is 2.25 bits per heavy atom. The second kappa shape index (κ2) is 6.84. The summed E-state index contributed by atoms with van der Waals surface area (Å²) in [6.45, 7) is 7.65. The van der Waals surface area contributed by atoms with Crippen LogP contribution in [0.2, 0.25) is 0 Å². The average Bonchev–Trinajstić information content (AvgIpc) is 2.65. The first-order valence-corrected chi connectivity index (χ1v) is 7.47. The highest BCUT2D eigenvalue weighted by Crippen LogP contribution is 2.25. The van der Waals surface area contributed by atoms with Crippen molar-refractivity contribution >= 4 is 5.97 Å². The maximum absolute atomic E-state index is 10.9. The van der Waals surface area contributed by atoms with Crippen molar-refractivity contribution in [3.8, 4) is 0 Å². The highest BCUT2D eigenvalue weighted by atomic mass is 16.4. The Labute approximate surface area is 120 Å². The number of carbonyl (C=O) groups is 1. The molecule has 1 aromatic rings. The van der Waals surface area contributed by atoms with Crippen LogP contribution in [0.25, 0.3) is 0 Å². The molecule has 1 fully saturated rings. The van der Waals surface area contributed by atoms with E-state index in [1.165, 1.54) is 19.3 Å². The Morgan fingerprint density at radius 1 is 1.45 bits per heavy atom. The van der Waals surface area contributed by atoms with Gasteiger partial charge in [0.1, 0.15) is 5.69 Å². The summed E-state index contributed by atoms with van der Waals surface area (Å²) in [5, 5.41) is 8.98. The number of hydrogen-bond acceptors (Lipinski definition) is 3. The molecule has 1 saturated heterocycles. The van der Waals surface area contributed by atoms with E-state index in [1.54, 1.807) is 12.3 Å². The van der Waals surface area contributed by atoms with Crippen LogP contribution in [0, 0.1) is 11.8 Å². The zero-order valence-electron chi connectivity index (χ0n) is 12.4. The first-order chi connectivity index (χ1) is 9.56. The zero-order chi connectivity index (χ0) is 14.5. The van der Waals surface area contributed by atoms with Gasteiger partial charge in [-0.3, -0.25) is 4.90 Å². The van der Waals surface area contributed by atoms with Crippen LogP contribution in [0.15, 0.2) is 18.3 Å². The van der Waals surface area contributed by atoms with Crippen LogP contribution in [0.4, 0.5) is 0 Å². The van der Waals surface area contributed by atoms with E-state index in [4.69, 9.17) is 5.11 Å². The monoisotopic (exact) mass is 276 g/mol. The van der Waals surface area contributed by atoms with Crippen molar-refractivity contribution in [3.63, 3.8) is 0 Å². The molecule has 110 valence electrons. The minimum absolute atomic E-state index is 0.136. The molecule has 0 saturated carbocycles. The van der Waals surface area contributed by atoms with Gasteiger partial charge < -0.3 is 5.11 Å². The van der Waals surface area contributed by atoms with E-state index in [0.717, 1.165) is 37.0 Å². The zero-order valence-corrected chi connectivity index (χ0v) is 12.4. The van der Waals surface area contributed by atoms with Gasteiger partial charge in [-0.05, 0) is 61.9 Å². The van der Waals surface area contributed by atoms with Gasteiger partial charge in [-0.25, -0.2) is 9.78 Å². The van der Waals surface area contributed by atoms with Crippen LogP contribution in [-0.4, -0.2) is 34.0 Å². The number of carboxylic acids is 1. The summed E-state index contributed by atoms with van der Waals surface area (Å²) in [4.78, 5) is 17.2. The van der Waals surface area contributed by atoms with Gasteiger partial charge in [-0.1, -0.05) is 13.8 Å². The van der Waals surface area contributed by atoms with E-state index in [9.17, 15) is 4.79 Å². The Balaban J connectivity index is 1.96. The molecule has 4 nitrogen and oxygen atoms in total. The highest BCUT2D eigenvalue weighted by molar-refractivity contribution is 5.85. The van der Waals surface area contributed by atoms with Crippen LogP contribution in [0.3, 0.4) is 0 Å². The molecular formula is C16H24N2O2. The first kappa shape index (κ1) is 15.0. The fourth-order valence-corrected chi connectivity index (χ4v) is 2.95. The van der Waals surface area contributed by atoms with Gasteiger partial charge in [0, 0.05) is 12.7 Å². The van der Waals surface area contributed by atoms with E-state index < -0.39 is 5.97 Å². The van der Waals surface area contributed by atoms with Crippen LogP contribution in [-0.2, 0) is 6.54 Å². The molecule has 2 heterocycles. The third kappa shape index (κ3) is 4.04. The molecule has 1 unspecified atom stereocenters. The molecule has 0 amide bonds. The molecule has 0 radical (unpaired) electrons. The largest absolute Gasteiger partial charge is 0.477 e. The highest BCUT2D eigenvalue weighted by Gasteiger charge is 2.19. The molecule has 1 aromatic heterocycles. The normalized spacial score (nSPS) is 20.9. The Kier molecular flexibility index (Phi) is 5.12. The van der Waals surface area contributed by atoms with Gasteiger partial charge in [-0.2, -0.15) is 0 Å². The lowest BCUT2D eigenvalue weighted by Crippen LogP contribution is -2.24. The molecule has 0 spiro atoms. The smallest absolute Gasteiger partial charge is 0.354 e. The van der Waals surface area contributed by atoms with E-state index >= 15 is 0 Å². The maximum Gasteiger partial charge on any atom is 0.354 e. The molecule has 0 bridgehead atoms. The van der Waals surface area contributed by atoms with Crippen LogP contribution >= 0.6 is 0 Å². The van der Waals surface area contributed by atoms with Crippen molar-refractivity contribution in [2.24, 2.45) is 11.8 Å². The van der Waals surface area contributed by atoms with Crippen molar-refractivity contribution in [3.05, 3.63) is 29.6 Å². The Morgan fingerprint density at radius 3 is 2.95 bits per heavy atom. The first-order valence-electron chi connectivity index (χ1n) is 7.47. The van der Waals surface area contributed by atoms with Crippen molar-refractivity contribution in [1.29, 1.82) is 0 Å². The fourth-order valence-electron chi connectivity index (χ4n) is 2.95. The summed E-state index contributed by atoms with van der Waals surface area (Å²) < 4.78 is 0. The number of aromatic carboxylic acids is 1. The fraction of sp³-hybridized carbons (Fsp3) is 0.625. The molecular weight excluding hydrogens is 252 g/mol. The lowest BCUT2D eigenvalue weighted by atomic mass is 9.89. The summed E-state index contributed by atoms with van der Waals surface area (Å²) in [6, 6.07) is 3.60. The van der Waals surface area contributed by atoms with Gasteiger partial charge in [-0.15, -0.1) is 0 Å². The van der Waals surface area contributed by atoms with Crippen molar-refractivity contribution in [1.82, 2.24) is 9.88 Å². The number of pyridine rings is 1. The predicted octanol–water partition coefficient (Wildman–Crippen LogP) is 3.04. The lowest BCUT2D eigenvalue weighted by molar-refractivity contribution is 0.0690. The van der Waals surface area contributed by atoms with E-state index in [1.807, 2.05) is 6.07 Å². The lowest BCUT2D eigenvalue weighted by Gasteiger charge is -2.21. The van der Waals surface area contributed by atoms with Gasteiger partial charge in [0.15, 0.2) is 0 Å². The maximum atomic E-state index is 10.9. The number of rotatable bonds is 4. The molecule has 0 aliphatic carbocycles. The van der Waals surface area contributed by atoms with Crippen LogP contribution in [0.5, 0.6) is 0 Å². The number of nitrogens with zero attached hydrogens (tertiary/aromatic N) is 2. The number of likely N-dealkylation sites (tertiary alicyclic amines) is 1. The molecule has 0 aromatic carbocycles. The SMILES string of the molecule is CC(C)C1CCCN(Cc2ccnc(C(=O)O)c2)CC1. The number of hydrogen-bond donors (Lipinski definition) is 1. The number of carboxylic acid groups (broad SMARTS) is 1. The van der Waals surface area contributed by atoms with Crippen molar-refractivity contribution < 1.29 is 9.90 Å². The summed E-state index contributed by atoms with van der Waals surface area (Å²) in [5.41, 5.74) is 1.18. The summed E-state index contributed by atoms with van der Waals surface area (Å²) >= 11 is 0. The predicted molar refractivity (Wildman–Crippen MR) is 78.7 cm³/mol. The minimum Gasteiger partial charge on any atom is -0.477 e. The van der Waals surface area contributed by atoms with Crippen molar-refractivity contribution in [2.45, 2.75) is 39.7 Å². The minimum atomic E-state index is -0.956. The standard InChI is InChI=1S/C16H24N2O2/c1-12(2)14-4-3-8-18(9-6-14)11-13-5-7-17-15(10-13)16(19)20/h5,7,10,12,14H,3-4,6,8-9,11H2,1-2H3,(H,19,20). The van der Waals surface area contributed by atoms with Gasteiger partial charge in [0.25, 0.3) is 0 Å². The summed E-state index contributed by atoms with van der Waals surface area (Å²) in [5.74, 6) is 0.629. The average molecular weight is 276 g/mol. The van der Waals surface area contributed by atoms with Crippen LogP contribution < -0.4 is 0 Å². The molecule has 1 N–H and O–H groups in total. The third-order valence-electron chi connectivity index (χ3n) is 4.26. The van der Waals surface area contributed by atoms with Crippen LogP contribution in [0.1, 0.15) is 49.2 Å². The second-order valence-corrected chi connectivity index (χ2v) is 6.07. The molecule has 2 rings (SSSR count). The van der Waals surface area contributed by atoms with E-state index in [0.29, 0.717) is 0 Å². The Bertz CT molecular complexity index is 460. The molecule has 1 atom stereocenters. The topological polar surface area (TPSA) is 53.4 Å². The second-order valence-electron chi connectivity index (χ2n) is 6.07. The van der Waals surface area contributed by atoms with Crippen molar-refractivity contribution in [2.75, 3.05) is 13.1 Å². The summed E-state index contributed by atoms with van der Waals surface area (Å²) in [6.07, 6.45) is 5.38.